The summed E-state index contributed by atoms with van der Waals surface area (Å²) in [6.07, 6.45) is 7.98. The Morgan fingerprint density at radius 1 is 1.20 bits per heavy atom. The Labute approximate surface area is 123 Å². The van der Waals surface area contributed by atoms with E-state index in [9.17, 15) is 0 Å². The summed E-state index contributed by atoms with van der Waals surface area (Å²) in [7, 11) is 0. The Morgan fingerprint density at radius 2 is 1.87 bits per heavy atom. The third-order valence-electron chi connectivity index (χ3n) is 2.39. The van der Waals surface area contributed by atoms with Crippen LogP contribution in [0.2, 0.25) is 0 Å². The van der Waals surface area contributed by atoms with Gasteiger partial charge >= 0.3 is 26.2 Å². The van der Waals surface area contributed by atoms with Gasteiger partial charge in [-0.2, -0.15) is 5.56 Å². The van der Waals surface area contributed by atoms with Crippen LogP contribution in [0.4, 0.5) is 0 Å². The molecule has 1 radical (unpaired) electrons. The minimum atomic E-state index is 0. The number of hydrogen-bond acceptors (Lipinski definition) is 0. The molecular formula is C12H13Cl2Zr. The summed E-state index contributed by atoms with van der Waals surface area (Å²) in [5.41, 5.74) is 2.82. The molecule has 0 bridgehead atoms. The third-order valence-corrected chi connectivity index (χ3v) is 2.39. The zero-order valence-corrected chi connectivity index (χ0v) is 12.6. The van der Waals surface area contributed by atoms with Crippen molar-refractivity contribution in [3.63, 3.8) is 0 Å². The summed E-state index contributed by atoms with van der Waals surface area (Å²) in [5, 5.41) is 0. The molecule has 0 fully saturated rings. The second-order valence-corrected chi connectivity index (χ2v) is 3.28. The summed E-state index contributed by atoms with van der Waals surface area (Å²) >= 11 is 0. The Balaban J connectivity index is 0. The van der Waals surface area contributed by atoms with E-state index in [1.54, 1.807) is 0 Å². The van der Waals surface area contributed by atoms with E-state index in [0.29, 0.717) is 5.92 Å². The Kier molecular flexibility index (Phi) is 10.2. The zero-order valence-electron chi connectivity index (χ0n) is 8.63. The van der Waals surface area contributed by atoms with Crippen molar-refractivity contribution in [1.82, 2.24) is 0 Å². The molecule has 15 heavy (non-hydrogen) atoms. The first-order valence-corrected chi connectivity index (χ1v) is 4.60. The molecule has 1 aromatic rings. The van der Waals surface area contributed by atoms with Gasteiger partial charge in [0.1, 0.15) is 0 Å². The van der Waals surface area contributed by atoms with Crippen LogP contribution in [-0.2, 0) is 26.2 Å². The van der Waals surface area contributed by atoms with Crippen LogP contribution < -0.4 is 24.8 Å². The van der Waals surface area contributed by atoms with Crippen molar-refractivity contribution in [2.75, 3.05) is 0 Å². The first-order chi connectivity index (χ1) is 5.92. The monoisotopic (exact) mass is 317 g/mol. The molecule has 0 amide bonds. The van der Waals surface area contributed by atoms with Crippen molar-refractivity contribution in [3.05, 3.63) is 41.5 Å². The van der Waals surface area contributed by atoms with Gasteiger partial charge in [-0.05, 0) is 0 Å². The standard InChI is InChI=1S/C12H13.2ClH.Zr/c1-2-5-10-8-9-11-6-3-4-7-12(10)11;;;/h3-4,6-7,9-10H,2,5H2,1H3;2*1H;/q-1;;;+3/p-2. The molecule has 0 aliphatic heterocycles. The van der Waals surface area contributed by atoms with E-state index < -0.39 is 0 Å². The molecule has 1 aliphatic carbocycles. The summed E-state index contributed by atoms with van der Waals surface area (Å²) in [5.74, 6) is 0.561. The molecule has 0 N–H and O–H groups in total. The number of allylic oxidation sites excluding steroid dienone is 1. The Hall–Kier alpha value is 0.423. The molecule has 0 heterocycles. The summed E-state index contributed by atoms with van der Waals surface area (Å²) < 4.78 is 0. The van der Waals surface area contributed by atoms with Crippen LogP contribution in [0.5, 0.6) is 0 Å². The average molecular weight is 319 g/mol. The predicted molar refractivity (Wildman–Crippen MR) is 51.8 cm³/mol. The van der Waals surface area contributed by atoms with Gasteiger partial charge in [0.15, 0.2) is 0 Å². The maximum Gasteiger partial charge on any atom is 3.00 e. The van der Waals surface area contributed by atoms with Crippen LogP contribution in [0, 0.1) is 6.08 Å². The molecule has 3 heteroatoms. The van der Waals surface area contributed by atoms with Gasteiger partial charge in [-0.3, -0.25) is 6.08 Å². The second kappa shape index (κ2) is 8.56. The largest absolute Gasteiger partial charge is 3.00 e. The molecule has 2 rings (SSSR count). The fourth-order valence-electron chi connectivity index (χ4n) is 1.77. The van der Waals surface area contributed by atoms with Gasteiger partial charge in [-0.15, -0.1) is 11.6 Å². The Morgan fingerprint density at radius 3 is 2.53 bits per heavy atom. The number of fused-ring (bicyclic) bond motifs is 1. The van der Waals surface area contributed by atoms with Crippen LogP contribution in [0.3, 0.4) is 0 Å². The summed E-state index contributed by atoms with van der Waals surface area (Å²) in [6, 6.07) is 8.58. The van der Waals surface area contributed by atoms with E-state index in [1.807, 2.05) is 0 Å². The first-order valence-electron chi connectivity index (χ1n) is 4.60. The molecule has 0 nitrogen and oxygen atoms in total. The number of hydrogen-bond donors (Lipinski definition) is 0. The van der Waals surface area contributed by atoms with Crippen molar-refractivity contribution in [3.8, 4) is 0 Å². The van der Waals surface area contributed by atoms with Crippen molar-refractivity contribution >= 4 is 6.08 Å². The van der Waals surface area contributed by atoms with Gasteiger partial charge in [-0.1, -0.05) is 43.9 Å². The summed E-state index contributed by atoms with van der Waals surface area (Å²) in [6.45, 7) is 2.22. The van der Waals surface area contributed by atoms with Crippen LogP contribution in [0.25, 0.3) is 6.08 Å². The fraction of sp³-hybridized carbons (Fsp3) is 0.333. The zero-order chi connectivity index (χ0) is 8.39. The van der Waals surface area contributed by atoms with Gasteiger partial charge in [-0.25, -0.2) is 6.08 Å². The van der Waals surface area contributed by atoms with Gasteiger partial charge in [0.25, 0.3) is 0 Å². The van der Waals surface area contributed by atoms with Crippen molar-refractivity contribution in [2.45, 2.75) is 25.7 Å². The van der Waals surface area contributed by atoms with Gasteiger partial charge in [0.2, 0.25) is 0 Å². The van der Waals surface area contributed by atoms with E-state index in [0.717, 1.165) is 0 Å². The molecule has 0 aromatic heterocycles. The van der Waals surface area contributed by atoms with Crippen molar-refractivity contribution < 1.29 is 51.0 Å². The van der Waals surface area contributed by atoms with Gasteiger partial charge in [0.05, 0.1) is 0 Å². The van der Waals surface area contributed by atoms with Crippen LogP contribution >= 0.6 is 0 Å². The van der Waals surface area contributed by atoms with E-state index in [1.165, 1.54) is 24.0 Å². The minimum absolute atomic E-state index is 0. The molecular weight excluding hydrogens is 306 g/mol. The molecule has 0 saturated heterocycles. The topological polar surface area (TPSA) is 0 Å². The number of halogens is 2. The second-order valence-electron chi connectivity index (χ2n) is 3.28. The third kappa shape index (κ3) is 4.06. The van der Waals surface area contributed by atoms with E-state index in [2.05, 4.69) is 43.3 Å². The van der Waals surface area contributed by atoms with Crippen LogP contribution in [0.1, 0.15) is 36.8 Å². The molecule has 0 spiro atoms. The van der Waals surface area contributed by atoms with Crippen molar-refractivity contribution in [2.24, 2.45) is 0 Å². The molecule has 1 aromatic carbocycles. The average Bonchev–Trinajstić information content (AvgIpc) is 2.50. The molecule has 0 saturated carbocycles. The van der Waals surface area contributed by atoms with E-state index in [-0.39, 0.29) is 51.0 Å². The van der Waals surface area contributed by atoms with Crippen molar-refractivity contribution in [1.29, 1.82) is 0 Å². The molecule has 1 unspecified atom stereocenters. The quantitative estimate of drug-likeness (QED) is 0.525. The Bertz CT molecular complexity index is 310. The van der Waals surface area contributed by atoms with E-state index >= 15 is 0 Å². The first kappa shape index (κ1) is 17.8. The predicted octanol–water partition coefficient (Wildman–Crippen LogP) is -2.59. The van der Waals surface area contributed by atoms with E-state index in [4.69, 9.17) is 0 Å². The van der Waals surface area contributed by atoms with Gasteiger partial charge in [0, 0.05) is 0 Å². The van der Waals surface area contributed by atoms with Crippen LogP contribution in [-0.4, -0.2) is 0 Å². The number of rotatable bonds is 2. The fourth-order valence-corrected chi connectivity index (χ4v) is 1.77. The summed E-state index contributed by atoms with van der Waals surface area (Å²) in [4.78, 5) is 0. The molecule has 79 valence electrons. The smallest absolute Gasteiger partial charge is 1.00 e. The molecule has 1 atom stereocenters. The van der Waals surface area contributed by atoms with Gasteiger partial charge < -0.3 is 24.8 Å². The van der Waals surface area contributed by atoms with Crippen LogP contribution in [0.15, 0.2) is 24.3 Å². The normalized spacial score (nSPS) is 15.7. The SMILES string of the molecule is CCCC1[C-]=Cc2ccccc21.[Cl-].[Cl-].[Zr+3]. The maximum absolute atomic E-state index is 3.40. The maximum atomic E-state index is 3.40. The number of benzene rings is 1. The minimum Gasteiger partial charge on any atom is -1.00 e. The molecule has 1 aliphatic rings.